The number of likely N-dealkylation sites (tertiary alicyclic amines) is 1. The van der Waals surface area contributed by atoms with Gasteiger partial charge >= 0.3 is 0 Å². The van der Waals surface area contributed by atoms with E-state index in [-0.39, 0.29) is 18.4 Å². The van der Waals surface area contributed by atoms with Crippen LogP contribution in [0.2, 0.25) is 0 Å². The molecule has 2 bridgehead atoms. The molecule has 2 amide bonds. The summed E-state index contributed by atoms with van der Waals surface area (Å²) < 4.78 is 10.2. The van der Waals surface area contributed by atoms with Crippen LogP contribution in [0.1, 0.15) is 31.4 Å². The quantitative estimate of drug-likeness (QED) is 0.861. The Hall–Kier alpha value is -1.82. The summed E-state index contributed by atoms with van der Waals surface area (Å²) in [5.41, 5.74) is 0. The number of nitrogens with zero attached hydrogens (tertiary/aromatic N) is 1. The summed E-state index contributed by atoms with van der Waals surface area (Å²) in [6.45, 7) is 2.10. The highest BCUT2D eigenvalue weighted by atomic mass is 16.5. The first-order valence-corrected chi connectivity index (χ1v) is 8.73. The number of carbonyl (C=O) groups is 2. The van der Waals surface area contributed by atoms with Gasteiger partial charge in [-0.2, -0.15) is 0 Å². The van der Waals surface area contributed by atoms with Gasteiger partial charge in [-0.25, -0.2) is 0 Å². The normalized spacial score (nSPS) is 26.2. The third kappa shape index (κ3) is 3.98. The van der Waals surface area contributed by atoms with Gasteiger partial charge in [0.1, 0.15) is 12.4 Å². The number of nitrogens with one attached hydrogen (secondary N) is 1. The Bertz CT molecular complexity index is 543. The molecule has 2 unspecified atom stereocenters. The number of furan rings is 1. The van der Waals surface area contributed by atoms with Crippen LogP contribution in [0.15, 0.2) is 22.8 Å². The van der Waals surface area contributed by atoms with Crippen molar-refractivity contribution in [3.63, 3.8) is 0 Å². The third-order valence-electron chi connectivity index (χ3n) is 5.35. The fraction of sp³-hybridized carbons (Fsp3) is 0.667. The average Bonchev–Trinajstić information content (AvgIpc) is 3.06. The second kappa shape index (κ2) is 7.83. The van der Waals surface area contributed by atoms with Gasteiger partial charge in [0, 0.05) is 26.6 Å². The summed E-state index contributed by atoms with van der Waals surface area (Å²) in [5, 5.41) is 2.94. The van der Waals surface area contributed by atoms with Crippen LogP contribution in [0.25, 0.3) is 0 Å². The molecule has 6 nitrogen and oxygen atoms in total. The van der Waals surface area contributed by atoms with Crippen molar-refractivity contribution >= 4 is 11.8 Å². The Morgan fingerprint density at radius 3 is 2.71 bits per heavy atom. The van der Waals surface area contributed by atoms with Gasteiger partial charge < -0.3 is 19.4 Å². The number of piperidine rings is 1. The van der Waals surface area contributed by atoms with Gasteiger partial charge in [0.05, 0.1) is 12.8 Å². The molecule has 0 radical (unpaired) electrons. The van der Waals surface area contributed by atoms with E-state index in [0.29, 0.717) is 30.7 Å². The van der Waals surface area contributed by atoms with Crippen molar-refractivity contribution in [2.24, 2.45) is 17.8 Å². The lowest BCUT2D eigenvalue weighted by Crippen LogP contribution is -2.52. The van der Waals surface area contributed by atoms with E-state index in [1.807, 2.05) is 17.0 Å². The molecule has 132 valence electrons. The number of rotatable bonds is 6. The lowest BCUT2D eigenvalue weighted by atomic mass is 9.67. The maximum atomic E-state index is 12.3. The molecule has 24 heavy (non-hydrogen) atoms. The number of hydrogen-bond donors (Lipinski definition) is 1. The van der Waals surface area contributed by atoms with Crippen LogP contribution < -0.4 is 5.32 Å². The smallest absolute Gasteiger partial charge is 0.248 e. The number of amides is 2. The zero-order valence-corrected chi connectivity index (χ0v) is 14.2. The number of methoxy groups -OCH3 is 1. The molecule has 1 aliphatic heterocycles. The van der Waals surface area contributed by atoms with Crippen molar-refractivity contribution in [1.29, 1.82) is 0 Å². The minimum Gasteiger partial charge on any atom is -0.467 e. The van der Waals surface area contributed by atoms with E-state index < -0.39 is 0 Å². The topological polar surface area (TPSA) is 71.8 Å². The summed E-state index contributed by atoms with van der Waals surface area (Å²) in [4.78, 5) is 26.3. The third-order valence-corrected chi connectivity index (χ3v) is 5.35. The number of ether oxygens (including phenoxy) is 1. The molecule has 0 aromatic carbocycles. The van der Waals surface area contributed by atoms with E-state index in [0.717, 1.165) is 31.7 Å². The van der Waals surface area contributed by atoms with E-state index in [2.05, 4.69) is 5.32 Å². The van der Waals surface area contributed by atoms with Crippen LogP contribution in [0.3, 0.4) is 0 Å². The van der Waals surface area contributed by atoms with Crippen LogP contribution in [0.4, 0.5) is 0 Å². The molecule has 1 aromatic heterocycles. The summed E-state index contributed by atoms with van der Waals surface area (Å²) >= 11 is 0. The predicted molar refractivity (Wildman–Crippen MR) is 87.9 cm³/mol. The zero-order chi connectivity index (χ0) is 16.9. The maximum Gasteiger partial charge on any atom is 0.248 e. The minimum absolute atomic E-state index is 0.0649. The molecular weight excluding hydrogens is 308 g/mol. The van der Waals surface area contributed by atoms with Crippen molar-refractivity contribution in [2.45, 2.75) is 32.2 Å². The first-order chi connectivity index (χ1) is 11.7. The minimum atomic E-state index is 0.0649. The number of hydrogen-bond acceptors (Lipinski definition) is 4. The van der Waals surface area contributed by atoms with Crippen LogP contribution in [0, 0.1) is 17.8 Å². The Balaban J connectivity index is 1.54. The first kappa shape index (κ1) is 17.0. The highest BCUT2D eigenvalue weighted by Gasteiger charge is 2.41. The molecule has 6 heteroatoms. The molecule has 2 fully saturated rings. The molecule has 2 aliphatic rings. The monoisotopic (exact) mass is 334 g/mol. The van der Waals surface area contributed by atoms with Crippen molar-refractivity contribution in [1.82, 2.24) is 10.2 Å². The highest BCUT2D eigenvalue weighted by molar-refractivity contribution is 5.78. The average molecular weight is 334 g/mol. The van der Waals surface area contributed by atoms with E-state index in [1.54, 1.807) is 13.4 Å². The lowest BCUT2D eigenvalue weighted by molar-refractivity contribution is -0.141. The largest absolute Gasteiger partial charge is 0.467 e. The van der Waals surface area contributed by atoms with Gasteiger partial charge in [0.25, 0.3) is 0 Å². The van der Waals surface area contributed by atoms with Crippen molar-refractivity contribution < 1.29 is 18.7 Å². The van der Waals surface area contributed by atoms with Gasteiger partial charge in [-0.15, -0.1) is 0 Å². The van der Waals surface area contributed by atoms with E-state index in [4.69, 9.17) is 9.15 Å². The standard InChI is InChI=1S/C18H26N2O4/c1-23-12-18(22)20-10-13-4-2-5-14(11-20)16(13)8-17(21)19-9-15-6-3-7-24-15/h3,6-7,13-14,16H,2,4-5,8-12H2,1H3,(H,19,21). The number of carbonyl (C=O) groups excluding carboxylic acids is 2. The van der Waals surface area contributed by atoms with E-state index in [9.17, 15) is 9.59 Å². The second-order valence-corrected chi connectivity index (χ2v) is 6.91. The van der Waals surface area contributed by atoms with Gasteiger partial charge in [-0.3, -0.25) is 9.59 Å². The Labute approximate surface area is 142 Å². The molecule has 3 rings (SSSR count). The molecule has 2 atom stereocenters. The first-order valence-electron chi connectivity index (χ1n) is 8.73. The van der Waals surface area contributed by atoms with E-state index in [1.165, 1.54) is 6.42 Å². The van der Waals surface area contributed by atoms with Crippen LogP contribution in [-0.2, 0) is 20.9 Å². The zero-order valence-electron chi connectivity index (χ0n) is 14.2. The Kier molecular flexibility index (Phi) is 5.56. The van der Waals surface area contributed by atoms with Gasteiger partial charge in [0.2, 0.25) is 11.8 Å². The Morgan fingerprint density at radius 1 is 1.33 bits per heavy atom. The van der Waals surface area contributed by atoms with Gasteiger partial charge in [-0.05, 0) is 42.7 Å². The molecular formula is C18H26N2O4. The molecule has 1 aromatic rings. The number of fused-ring (bicyclic) bond motifs is 2. The van der Waals surface area contributed by atoms with Gasteiger partial charge in [0.15, 0.2) is 0 Å². The van der Waals surface area contributed by atoms with Crippen molar-refractivity contribution in [2.75, 3.05) is 26.8 Å². The summed E-state index contributed by atoms with van der Waals surface area (Å²) in [6.07, 6.45) is 5.56. The predicted octanol–water partition coefficient (Wildman–Crippen LogP) is 1.81. The molecule has 1 saturated heterocycles. The van der Waals surface area contributed by atoms with Gasteiger partial charge in [-0.1, -0.05) is 6.42 Å². The molecule has 1 N–H and O–H groups in total. The SMILES string of the molecule is COCC(=O)N1CC2CCCC(C1)C2CC(=O)NCc1ccco1. The molecule has 0 spiro atoms. The molecule has 1 saturated carbocycles. The van der Waals surface area contributed by atoms with Crippen LogP contribution >= 0.6 is 0 Å². The van der Waals surface area contributed by atoms with Crippen molar-refractivity contribution in [3.05, 3.63) is 24.2 Å². The Morgan fingerprint density at radius 2 is 2.08 bits per heavy atom. The summed E-state index contributed by atoms with van der Waals surface area (Å²) in [5.74, 6) is 2.13. The summed E-state index contributed by atoms with van der Waals surface area (Å²) in [7, 11) is 1.55. The second-order valence-electron chi connectivity index (χ2n) is 6.91. The fourth-order valence-electron chi connectivity index (χ4n) is 4.19. The van der Waals surface area contributed by atoms with E-state index >= 15 is 0 Å². The lowest BCUT2D eigenvalue weighted by Gasteiger charge is -2.47. The maximum absolute atomic E-state index is 12.3. The molecule has 1 aliphatic carbocycles. The molecule has 2 heterocycles. The summed E-state index contributed by atoms with van der Waals surface area (Å²) in [6, 6.07) is 3.67. The van der Waals surface area contributed by atoms with Crippen LogP contribution in [-0.4, -0.2) is 43.5 Å². The van der Waals surface area contributed by atoms with Crippen LogP contribution in [0.5, 0.6) is 0 Å². The van der Waals surface area contributed by atoms with Crippen molar-refractivity contribution in [3.8, 4) is 0 Å². The fourth-order valence-corrected chi connectivity index (χ4v) is 4.19. The highest BCUT2D eigenvalue weighted by Crippen LogP contribution is 2.41.